The Morgan fingerprint density at radius 3 is 1.05 bits per heavy atom. The van der Waals surface area contributed by atoms with Gasteiger partial charge in [-0.2, -0.15) is 0 Å². The minimum atomic E-state index is -1.79. The van der Waals surface area contributed by atoms with E-state index in [-0.39, 0.29) is 18.9 Å². The Bertz CT molecular complexity index is 1520. The standard InChI is InChI=1S/C74H143NO13/c1-3-5-7-9-11-13-15-17-18-19-20-21-22-23-24-25-26-27-28-29-30-31-32-33-34-35-36-37-38-39-40-41-42-43-44-46-48-50-52-54-56-58-66(79)75-62(63(78)57-55-53-51-49-47-45-16-14-12-10-8-6-4-2)61-85-73-71(84)69(82)72(65(60-77)87-73)88-74-70(83)68(81)67(80)64(59-76)86-74/h55,57,62-65,67-74,76-78,80-84H,3-54,56,58-61H2,1-2H3,(H,75,79)/b57-55+. The first kappa shape index (κ1) is 82.8. The van der Waals surface area contributed by atoms with Crippen LogP contribution in [0.3, 0.4) is 0 Å². The van der Waals surface area contributed by atoms with Crippen LogP contribution in [0.2, 0.25) is 0 Å². The smallest absolute Gasteiger partial charge is 0.220 e. The highest BCUT2D eigenvalue weighted by Gasteiger charge is 2.51. The van der Waals surface area contributed by atoms with Crippen LogP contribution in [-0.4, -0.2) is 140 Å². The third-order valence-corrected chi connectivity index (χ3v) is 19.0. The SMILES string of the molecule is CCCCCCCCCCCCC/C=C/C(O)C(COC1OC(CO)C(OC2OC(CO)C(O)C(O)C2O)C(O)C1O)NC(=O)CCCCCCCCCCCCCCCCCCCCCCCCCCCCCCCCCCCCCCCCCCC. The number of hydrogen-bond donors (Lipinski definition) is 9. The Morgan fingerprint density at radius 1 is 0.398 bits per heavy atom. The van der Waals surface area contributed by atoms with E-state index in [1.54, 1.807) is 6.08 Å². The highest BCUT2D eigenvalue weighted by Crippen LogP contribution is 2.30. The first-order valence-corrected chi connectivity index (χ1v) is 37.9. The number of unbranched alkanes of at least 4 members (excludes halogenated alkanes) is 51. The number of ether oxygens (including phenoxy) is 4. The number of allylic oxidation sites excluding steroid dienone is 1. The Kier molecular flexibility index (Phi) is 56.0. The summed E-state index contributed by atoms with van der Waals surface area (Å²) in [5.41, 5.74) is 0. The molecule has 14 heteroatoms. The zero-order valence-corrected chi connectivity index (χ0v) is 57.0. The molecular formula is C74H143NO13. The van der Waals surface area contributed by atoms with Gasteiger partial charge in [0.15, 0.2) is 12.6 Å². The summed E-state index contributed by atoms with van der Waals surface area (Å²) in [6, 6.07) is -0.910. The second kappa shape index (κ2) is 59.5. The molecule has 2 heterocycles. The molecule has 522 valence electrons. The van der Waals surface area contributed by atoms with Gasteiger partial charge in [0.1, 0.15) is 48.8 Å². The van der Waals surface area contributed by atoms with Crippen molar-refractivity contribution >= 4 is 5.91 Å². The van der Waals surface area contributed by atoms with Gasteiger partial charge in [0, 0.05) is 6.42 Å². The minimum absolute atomic E-state index is 0.232. The zero-order valence-electron chi connectivity index (χ0n) is 57.0. The lowest BCUT2D eigenvalue weighted by molar-refractivity contribution is -0.359. The summed E-state index contributed by atoms with van der Waals surface area (Å²) in [7, 11) is 0. The van der Waals surface area contributed by atoms with Crippen molar-refractivity contribution in [3.05, 3.63) is 12.2 Å². The van der Waals surface area contributed by atoms with E-state index in [9.17, 15) is 45.6 Å². The summed E-state index contributed by atoms with van der Waals surface area (Å²) in [6.07, 6.45) is 57.6. The minimum Gasteiger partial charge on any atom is -0.394 e. The summed E-state index contributed by atoms with van der Waals surface area (Å²) in [6.45, 7) is 2.84. The summed E-state index contributed by atoms with van der Waals surface area (Å²) in [5, 5.41) is 87.3. The summed E-state index contributed by atoms with van der Waals surface area (Å²) < 4.78 is 22.8. The molecule has 0 aromatic heterocycles. The van der Waals surface area contributed by atoms with Gasteiger partial charge in [-0.1, -0.05) is 347 Å². The Labute approximate surface area is 539 Å². The molecule has 0 radical (unpaired) electrons. The van der Waals surface area contributed by atoms with Crippen molar-refractivity contribution < 1.29 is 64.6 Å². The normalized spacial score (nSPS) is 23.1. The van der Waals surface area contributed by atoms with E-state index >= 15 is 0 Å². The van der Waals surface area contributed by atoms with E-state index in [2.05, 4.69) is 19.2 Å². The molecule has 2 aliphatic heterocycles. The first-order valence-electron chi connectivity index (χ1n) is 37.9. The van der Waals surface area contributed by atoms with Crippen LogP contribution in [0, 0.1) is 0 Å². The highest BCUT2D eigenvalue weighted by molar-refractivity contribution is 5.76. The Balaban J connectivity index is 1.51. The fourth-order valence-electron chi connectivity index (χ4n) is 12.9. The van der Waals surface area contributed by atoms with Crippen molar-refractivity contribution in [2.45, 2.75) is 434 Å². The molecule has 0 aromatic rings. The third-order valence-electron chi connectivity index (χ3n) is 19.0. The van der Waals surface area contributed by atoms with E-state index in [0.717, 1.165) is 38.5 Å². The van der Waals surface area contributed by atoms with Crippen LogP contribution < -0.4 is 5.32 Å². The van der Waals surface area contributed by atoms with Crippen molar-refractivity contribution in [3.63, 3.8) is 0 Å². The van der Waals surface area contributed by atoms with E-state index in [4.69, 9.17) is 18.9 Å². The molecule has 9 N–H and O–H groups in total. The molecule has 14 nitrogen and oxygen atoms in total. The lowest BCUT2D eigenvalue weighted by Gasteiger charge is -2.46. The lowest BCUT2D eigenvalue weighted by Crippen LogP contribution is -2.65. The van der Waals surface area contributed by atoms with Crippen molar-refractivity contribution in [1.82, 2.24) is 5.32 Å². The van der Waals surface area contributed by atoms with Crippen molar-refractivity contribution in [2.24, 2.45) is 0 Å². The predicted octanol–water partition coefficient (Wildman–Crippen LogP) is 16.1. The maximum absolute atomic E-state index is 13.3. The molecule has 0 aromatic carbocycles. The summed E-state index contributed by atoms with van der Waals surface area (Å²) >= 11 is 0. The van der Waals surface area contributed by atoms with Gasteiger partial charge in [0.2, 0.25) is 5.91 Å². The van der Waals surface area contributed by atoms with Gasteiger partial charge in [0.25, 0.3) is 0 Å². The van der Waals surface area contributed by atoms with Crippen LogP contribution >= 0.6 is 0 Å². The molecule has 2 aliphatic rings. The van der Waals surface area contributed by atoms with Crippen LogP contribution in [0.4, 0.5) is 0 Å². The molecule has 0 bridgehead atoms. The zero-order chi connectivity index (χ0) is 63.8. The number of amides is 1. The van der Waals surface area contributed by atoms with Crippen molar-refractivity contribution in [3.8, 4) is 0 Å². The fourth-order valence-corrected chi connectivity index (χ4v) is 12.9. The van der Waals surface area contributed by atoms with Gasteiger partial charge in [-0.25, -0.2) is 0 Å². The molecule has 2 rings (SSSR count). The number of carbonyl (C=O) groups excluding carboxylic acids is 1. The maximum atomic E-state index is 13.3. The fraction of sp³-hybridized carbons (Fsp3) is 0.959. The molecule has 2 fully saturated rings. The predicted molar refractivity (Wildman–Crippen MR) is 360 cm³/mol. The molecular weight excluding hydrogens is 1110 g/mol. The second-order valence-electron chi connectivity index (χ2n) is 27.1. The largest absolute Gasteiger partial charge is 0.394 e. The van der Waals surface area contributed by atoms with Gasteiger partial charge < -0.3 is 65.1 Å². The number of aliphatic hydroxyl groups excluding tert-OH is 8. The van der Waals surface area contributed by atoms with E-state index in [1.807, 2.05) is 6.08 Å². The average molecular weight is 1250 g/mol. The number of aliphatic hydroxyl groups is 8. The lowest BCUT2D eigenvalue weighted by atomic mass is 9.97. The number of carbonyl (C=O) groups is 1. The third kappa shape index (κ3) is 42.9. The average Bonchev–Trinajstić information content (AvgIpc) is 2.28. The molecule has 1 amide bonds. The van der Waals surface area contributed by atoms with Gasteiger partial charge >= 0.3 is 0 Å². The van der Waals surface area contributed by atoms with Crippen LogP contribution in [-0.2, 0) is 23.7 Å². The van der Waals surface area contributed by atoms with Crippen LogP contribution in [0.5, 0.6) is 0 Å². The Morgan fingerprint density at radius 2 is 0.705 bits per heavy atom. The highest BCUT2D eigenvalue weighted by atomic mass is 16.7. The van der Waals surface area contributed by atoms with Crippen molar-refractivity contribution in [2.75, 3.05) is 19.8 Å². The summed E-state index contributed by atoms with van der Waals surface area (Å²) in [5.74, 6) is -0.232. The number of rotatable bonds is 64. The number of nitrogens with one attached hydrogen (secondary N) is 1. The molecule has 12 unspecified atom stereocenters. The second-order valence-corrected chi connectivity index (χ2v) is 27.1. The van der Waals surface area contributed by atoms with Crippen LogP contribution in [0.1, 0.15) is 361 Å². The van der Waals surface area contributed by atoms with Gasteiger partial charge in [-0.15, -0.1) is 0 Å². The van der Waals surface area contributed by atoms with E-state index in [1.165, 1.54) is 295 Å². The number of hydrogen-bond acceptors (Lipinski definition) is 13. The molecule has 2 saturated heterocycles. The van der Waals surface area contributed by atoms with Crippen LogP contribution in [0.25, 0.3) is 0 Å². The first-order chi connectivity index (χ1) is 43.1. The van der Waals surface area contributed by atoms with Gasteiger partial charge in [-0.3, -0.25) is 4.79 Å². The van der Waals surface area contributed by atoms with Crippen molar-refractivity contribution in [1.29, 1.82) is 0 Å². The molecule has 0 aliphatic carbocycles. The van der Waals surface area contributed by atoms with Gasteiger partial charge in [0.05, 0.1) is 32.0 Å². The molecule has 12 atom stereocenters. The maximum Gasteiger partial charge on any atom is 0.220 e. The Hall–Kier alpha value is -1.27. The van der Waals surface area contributed by atoms with E-state index < -0.39 is 86.8 Å². The molecule has 88 heavy (non-hydrogen) atoms. The topological polar surface area (TPSA) is 228 Å². The molecule has 0 saturated carbocycles. The van der Waals surface area contributed by atoms with E-state index in [0.29, 0.717) is 6.42 Å². The molecule has 0 spiro atoms. The van der Waals surface area contributed by atoms with Crippen LogP contribution in [0.15, 0.2) is 12.2 Å². The quantitative estimate of drug-likeness (QED) is 0.0204. The van der Waals surface area contributed by atoms with Gasteiger partial charge in [-0.05, 0) is 19.3 Å². The monoisotopic (exact) mass is 1250 g/mol. The summed E-state index contributed by atoms with van der Waals surface area (Å²) in [4.78, 5) is 13.3.